The van der Waals surface area contributed by atoms with Crippen LogP contribution in [0.25, 0.3) is 22.3 Å². The number of nitrogens with zero attached hydrogens (tertiary/aromatic N) is 6. The third-order valence-corrected chi connectivity index (χ3v) is 6.77. The molecule has 4 aromatic rings. The van der Waals surface area contributed by atoms with E-state index in [-0.39, 0.29) is 11.8 Å². The van der Waals surface area contributed by atoms with E-state index in [1.54, 1.807) is 11.0 Å². The van der Waals surface area contributed by atoms with E-state index >= 15 is 0 Å². The van der Waals surface area contributed by atoms with Gasteiger partial charge < -0.3 is 10.6 Å². The molecule has 1 saturated heterocycles. The van der Waals surface area contributed by atoms with Gasteiger partial charge in [0.25, 0.3) is 0 Å². The van der Waals surface area contributed by atoms with Gasteiger partial charge in [0, 0.05) is 24.1 Å². The molecule has 0 radical (unpaired) electrons. The van der Waals surface area contributed by atoms with Gasteiger partial charge in [-0.25, -0.2) is 19.0 Å². The number of nitriles is 1. The number of fused-ring (bicyclic) bond motifs is 1. The highest BCUT2D eigenvalue weighted by Gasteiger charge is 2.26. The third kappa shape index (κ3) is 4.50. The minimum absolute atomic E-state index is 0.0144. The number of nitrogens with two attached hydrogens (primary N) is 1. The number of aromatic nitrogens is 4. The van der Waals surface area contributed by atoms with Gasteiger partial charge in [-0.15, -0.1) is 0 Å². The van der Waals surface area contributed by atoms with Crippen LogP contribution >= 0.6 is 0 Å². The predicted octanol–water partition coefficient (Wildman–Crippen LogP) is 4.46. The first-order valence-corrected chi connectivity index (χ1v) is 12.0. The second kappa shape index (κ2) is 9.74. The Hall–Kier alpha value is -4.32. The number of hydrogen-bond acceptors (Lipinski definition) is 7. The maximum Gasteiger partial charge on any atom is 0.179 e. The Kier molecular flexibility index (Phi) is 6.34. The van der Waals surface area contributed by atoms with Crippen molar-refractivity contribution < 1.29 is 9.18 Å². The Bertz CT molecular complexity index is 1470. The van der Waals surface area contributed by atoms with Crippen molar-refractivity contribution in [2.24, 2.45) is 0 Å². The van der Waals surface area contributed by atoms with Crippen LogP contribution in [0.2, 0.25) is 0 Å². The molecule has 0 unspecified atom stereocenters. The quantitative estimate of drug-likeness (QED) is 0.318. The Morgan fingerprint density at radius 1 is 1.22 bits per heavy atom. The van der Waals surface area contributed by atoms with Gasteiger partial charge in [0.05, 0.1) is 18.0 Å². The summed E-state index contributed by atoms with van der Waals surface area (Å²) in [5, 5.41) is 14.9. The number of aryl methyl sites for hydroxylation is 2. The van der Waals surface area contributed by atoms with Crippen molar-refractivity contribution >= 4 is 22.6 Å². The van der Waals surface area contributed by atoms with Gasteiger partial charge in [0.1, 0.15) is 23.7 Å². The molecular weight excluding hydrogens is 457 g/mol. The molecule has 0 amide bonds. The van der Waals surface area contributed by atoms with Gasteiger partial charge in [0.2, 0.25) is 0 Å². The molecule has 1 aliphatic rings. The topological polar surface area (TPSA) is 114 Å². The number of nitrogen functional groups attached to an aromatic ring is 1. The molecule has 9 heteroatoms. The summed E-state index contributed by atoms with van der Waals surface area (Å²) in [7, 11) is 0. The summed E-state index contributed by atoms with van der Waals surface area (Å²) < 4.78 is 15.5. The van der Waals surface area contributed by atoms with Gasteiger partial charge in [0.15, 0.2) is 17.6 Å². The fourth-order valence-corrected chi connectivity index (χ4v) is 4.81. The Balaban J connectivity index is 1.39. The molecule has 2 N–H and O–H groups in total. The van der Waals surface area contributed by atoms with Crippen molar-refractivity contribution in [1.29, 1.82) is 5.26 Å². The SMILES string of the molecule is Cc1ccc(F)cc1C(=O)CCc1ccc(-c2nn([C@@H]3CCCN(C#N)C3)c3ncnc(N)c23)cc1. The first-order chi connectivity index (χ1) is 17.4. The Labute approximate surface area is 208 Å². The summed E-state index contributed by atoms with van der Waals surface area (Å²) in [4.78, 5) is 23.0. The van der Waals surface area contributed by atoms with Crippen molar-refractivity contribution in [3.63, 3.8) is 0 Å². The molecule has 36 heavy (non-hydrogen) atoms. The average molecular weight is 484 g/mol. The number of likely N-dealkylation sites (tertiary alicyclic amines) is 1. The van der Waals surface area contributed by atoms with E-state index in [0.717, 1.165) is 36.1 Å². The number of carbonyl (C=O) groups excluding carboxylic acids is 1. The lowest BCUT2D eigenvalue weighted by atomic mass is 9.98. The number of rotatable bonds is 6. The lowest BCUT2D eigenvalue weighted by Gasteiger charge is -2.28. The molecule has 0 aliphatic carbocycles. The standard InChI is InChI=1S/C27H26FN7O/c1-17-4-10-20(28)13-22(17)23(36)11-7-18-5-8-19(9-6-18)25-24-26(30)31-16-32-27(24)35(33-25)21-3-2-12-34(14-21)15-29/h4-6,8-10,13,16,21H,2-3,7,11-12,14H2,1H3,(H2,30,31,32)/t21-/m1/s1. The predicted molar refractivity (Wildman–Crippen MR) is 134 cm³/mol. The van der Waals surface area contributed by atoms with Crippen LogP contribution in [0.4, 0.5) is 10.2 Å². The van der Waals surface area contributed by atoms with Gasteiger partial charge >= 0.3 is 0 Å². The number of halogens is 1. The molecule has 2 aromatic heterocycles. The molecule has 0 saturated carbocycles. The number of benzene rings is 2. The summed E-state index contributed by atoms with van der Waals surface area (Å²) in [6.45, 7) is 3.14. The number of ketones is 1. The number of piperidine rings is 1. The molecular formula is C27H26FN7O. The van der Waals surface area contributed by atoms with Crippen LogP contribution in [-0.4, -0.2) is 43.5 Å². The number of carbonyl (C=O) groups is 1. The van der Waals surface area contributed by atoms with Crippen LogP contribution in [0.3, 0.4) is 0 Å². The third-order valence-electron chi connectivity index (χ3n) is 6.77. The van der Waals surface area contributed by atoms with Gasteiger partial charge in [-0.3, -0.25) is 4.79 Å². The van der Waals surface area contributed by atoms with Crippen molar-refractivity contribution in [2.75, 3.05) is 18.8 Å². The van der Waals surface area contributed by atoms with Crippen molar-refractivity contribution in [2.45, 2.75) is 38.6 Å². The van der Waals surface area contributed by atoms with Crippen molar-refractivity contribution in [3.8, 4) is 17.5 Å². The molecule has 0 bridgehead atoms. The van der Waals surface area contributed by atoms with Crippen LogP contribution in [0.15, 0.2) is 48.8 Å². The lowest BCUT2D eigenvalue weighted by molar-refractivity contribution is 0.0982. The zero-order valence-electron chi connectivity index (χ0n) is 20.0. The summed E-state index contributed by atoms with van der Waals surface area (Å²) in [5.74, 6) is -0.129. The van der Waals surface area contributed by atoms with E-state index in [1.165, 1.54) is 18.5 Å². The largest absolute Gasteiger partial charge is 0.383 e. The highest BCUT2D eigenvalue weighted by atomic mass is 19.1. The van der Waals surface area contributed by atoms with E-state index < -0.39 is 5.82 Å². The van der Waals surface area contributed by atoms with Crippen LogP contribution in [0, 0.1) is 24.2 Å². The van der Waals surface area contributed by atoms with Gasteiger partial charge in [-0.1, -0.05) is 30.3 Å². The van der Waals surface area contributed by atoms with Crippen LogP contribution < -0.4 is 5.73 Å². The van der Waals surface area contributed by atoms with E-state index in [0.29, 0.717) is 47.5 Å². The smallest absolute Gasteiger partial charge is 0.179 e. The second-order valence-electron chi connectivity index (χ2n) is 9.17. The first-order valence-electron chi connectivity index (χ1n) is 12.0. The summed E-state index contributed by atoms with van der Waals surface area (Å²) in [5.41, 5.74) is 10.7. The molecule has 0 spiro atoms. The zero-order valence-corrected chi connectivity index (χ0v) is 20.0. The Morgan fingerprint density at radius 2 is 2.03 bits per heavy atom. The molecule has 5 rings (SSSR count). The maximum absolute atomic E-state index is 13.6. The zero-order chi connectivity index (χ0) is 25.2. The molecule has 3 heterocycles. The fraction of sp³-hybridized carbons (Fsp3) is 0.296. The molecule has 1 aliphatic heterocycles. The number of anilines is 1. The Morgan fingerprint density at radius 3 is 2.81 bits per heavy atom. The minimum atomic E-state index is -0.406. The van der Waals surface area contributed by atoms with Crippen molar-refractivity contribution in [1.82, 2.24) is 24.6 Å². The van der Waals surface area contributed by atoms with Crippen LogP contribution in [-0.2, 0) is 6.42 Å². The highest BCUT2D eigenvalue weighted by molar-refractivity contribution is 5.98. The molecule has 1 fully saturated rings. The lowest BCUT2D eigenvalue weighted by Crippen LogP contribution is -2.33. The summed E-state index contributed by atoms with van der Waals surface area (Å²) >= 11 is 0. The molecule has 1 atom stereocenters. The van der Waals surface area contributed by atoms with Crippen LogP contribution in [0.5, 0.6) is 0 Å². The van der Waals surface area contributed by atoms with Gasteiger partial charge in [-0.05, 0) is 49.4 Å². The summed E-state index contributed by atoms with van der Waals surface area (Å²) in [6.07, 6.45) is 6.31. The van der Waals surface area contributed by atoms with Crippen molar-refractivity contribution in [3.05, 3.63) is 71.3 Å². The first kappa shape index (κ1) is 23.4. The maximum atomic E-state index is 13.6. The van der Waals surface area contributed by atoms with Gasteiger partial charge in [-0.2, -0.15) is 10.4 Å². The van der Waals surface area contributed by atoms with E-state index in [4.69, 9.17) is 10.8 Å². The normalized spacial score (nSPS) is 15.7. The minimum Gasteiger partial charge on any atom is -0.383 e. The van der Waals surface area contributed by atoms with E-state index in [9.17, 15) is 14.4 Å². The average Bonchev–Trinajstić information content (AvgIpc) is 3.30. The second-order valence-corrected chi connectivity index (χ2v) is 9.17. The highest BCUT2D eigenvalue weighted by Crippen LogP contribution is 2.33. The van der Waals surface area contributed by atoms with E-state index in [2.05, 4.69) is 16.2 Å². The molecule has 2 aromatic carbocycles. The van der Waals surface area contributed by atoms with E-state index in [1.807, 2.05) is 35.9 Å². The molecule has 8 nitrogen and oxygen atoms in total. The number of Topliss-reactive ketones (excluding diaryl/α,β-unsaturated/α-hetero) is 1. The van der Waals surface area contributed by atoms with Crippen LogP contribution in [0.1, 0.15) is 46.8 Å². The fourth-order valence-electron chi connectivity index (χ4n) is 4.81. The summed E-state index contributed by atoms with van der Waals surface area (Å²) in [6, 6.07) is 12.1. The number of hydrogen-bond donors (Lipinski definition) is 1. The monoisotopic (exact) mass is 483 g/mol. The molecule has 182 valence electrons.